The molecule has 40 heavy (non-hydrogen) atoms. The zero-order valence-electron chi connectivity index (χ0n) is 24.2. The molecule has 2 amide bonds. The zero-order valence-corrected chi connectivity index (χ0v) is 24.9. The van der Waals surface area contributed by atoms with Gasteiger partial charge in [0, 0.05) is 48.3 Å². The molecule has 0 unspecified atom stereocenters. The number of carbonyl (C=O) groups excluding carboxylic acids is 4. The van der Waals surface area contributed by atoms with Crippen molar-refractivity contribution in [2.75, 3.05) is 0 Å². The number of cyclic esters (lactones) is 1. The molecule has 9 heteroatoms. The van der Waals surface area contributed by atoms with Crippen molar-refractivity contribution >= 4 is 35.4 Å². The molecule has 4 atom stereocenters. The number of hydrogen-bond donors (Lipinski definition) is 2. The molecule has 0 aromatic carbocycles. The van der Waals surface area contributed by atoms with E-state index in [1.54, 1.807) is 38.2 Å². The van der Waals surface area contributed by atoms with Gasteiger partial charge in [0.2, 0.25) is 5.91 Å². The average Bonchev–Trinajstić information content (AvgIpc) is 2.85. The molecule has 0 saturated heterocycles. The number of esters is 1. The molecule has 1 aliphatic heterocycles. The van der Waals surface area contributed by atoms with Crippen LogP contribution in [0.5, 0.6) is 0 Å². The van der Waals surface area contributed by atoms with Gasteiger partial charge in [0.25, 0.3) is 0 Å². The Kier molecular flexibility index (Phi) is 14.8. The molecule has 1 rings (SSSR count). The Morgan fingerprint density at radius 3 is 2.50 bits per heavy atom. The van der Waals surface area contributed by atoms with Crippen LogP contribution in [-0.2, 0) is 23.9 Å². The molecule has 1 aliphatic rings. The number of allylic oxidation sites excluding steroid dienone is 4. The number of primary amides is 1. The van der Waals surface area contributed by atoms with Gasteiger partial charge in [-0.2, -0.15) is 0 Å². The van der Waals surface area contributed by atoms with Crippen molar-refractivity contribution < 1.29 is 28.7 Å². The van der Waals surface area contributed by atoms with E-state index in [0.29, 0.717) is 29.9 Å². The van der Waals surface area contributed by atoms with Gasteiger partial charge in [0.15, 0.2) is 5.78 Å². The maximum absolute atomic E-state index is 12.9. The first-order chi connectivity index (χ1) is 18.7. The first-order valence-electron chi connectivity index (χ1n) is 13.2. The lowest BCUT2D eigenvalue weighted by atomic mass is 9.83. The summed E-state index contributed by atoms with van der Waals surface area (Å²) in [6.45, 7) is 11.0. The predicted molar refractivity (Wildman–Crippen MR) is 157 cm³/mol. The molecule has 0 aliphatic carbocycles. The van der Waals surface area contributed by atoms with Crippen molar-refractivity contribution in [1.82, 2.24) is 5.32 Å². The number of ketones is 1. The van der Waals surface area contributed by atoms with Gasteiger partial charge in [-0.1, -0.05) is 81.5 Å². The van der Waals surface area contributed by atoms with Gasteiger partial charge in [-0.15, -0.1) is 0 Å². The van der Waals surface area contributed by atoms with Crippen LogP contribution in [0.2, 0.25) is 0 Å². The number of ether oxygens (including phenoxy) is 2. The van der Waals surface area contributed by atoms with E-state index >= 15 is 0 Å². The van der Waals surface area contributed by atoms with Crippen LogP contribution in [0.1, 0.15) is 67.2 Å². The third kappa shape index (κ3) is 14.0. The number of carbonyl (C=O) groups is 4. The molecule has 0 aromatic rings. The second-order valence-corrected chi connectivity index (χ2v) is 11.3. The molecule has 1 heterocycles. The third-order valence-electron chi connectivity index (χ3n) is 6.01. The number of nitrogens with two attached hydrogens (primary N) is 1. The molecule has 8 nitrogen and oxygen atoms in total. The van der Waals surface area contributed by atoms with Crippen molar-refractivity contribution in [3.8, 4) is 11.8 Å². The van der Waals surface area contributed by atoms with Crippen LogP contribution in [0.3, 0.4) is 0 Å². The summed E-state index contributed by atoms with van der Waals surface area (Å²) >= 11 is 5.84. The fraction of sp³-hybridized carbons (Fsp3) is 0.484. The standard InChI is InChI=1S/C31H41ClN2O6/c1-21(26-20-17-22(2)29(37)40-26)13-9-7-8-10-16-27(36)34-28(31(4,5)6)25(35)15-12-11-14-24(39-30(33)38)19-18-23(3)32/h9-13,16-18,21,24,26,28H,14-15,19-20H2,1-6H3,(H2,33,38)(H,34,36)/b12-11-,13-9-,16-10+,23-18+/t21-,24+,26-,28+/m0/s1. The molecule has 218 valence electrons. The molecular formula is C31H41ClN2O6. The quantitative estimate of drug-likeness (QED) is 0.139. The largest absolute Gasteiger partial charge is 0.458 e. The Labute approximate surface area is 242 Å². The van der Waals surface area contributed by atoms with Gasteiger partial charge < -0.3 is 20.5 Å². The highest BCUT2D eigenvalue weighted by molar-refractivity contribution is 6.29. The summed E-state index contributed by atoms with van der Waals surface area (Å²) in [6.07, 6.45) is 13.1. The number of halogens is 1. The average molecular weight is 573 g/mol. The molecule has 0 bridgehead atoms. The summed E-state index contributed by atoms with van der Waals surface area (Å²) in [4.78, 5) is 48.2. The number of amides is 2. The Bertz CT molecular complexity index is 1130. The molecular weight excluding hydrogens is 532 g/mol. The smallest absolute Gasteiger partial charge is 0.404 e. The van der Waals surface area contributed by atoms with Gasteiger partial charge in [0.1, 0.15) is 12.2 Å². The number of hydrogen-bond acceptors (Lipinski definition) is 6. The van der Waals surface area contributed by atoms with Gasteiger partial charge in [-0.25, -0.2) is 9.59 Å². The van der Waals surface area contributed by atoms with E-state index in [1.165, 1.54) is 12.2 Å². The first-order valence-corrected chi connectivity index (χ1v) is 13.6. The van der Waals surface area contributed by atoms with Crippen molar-refractivity contribution in [2.24, 2.45) is 17.1 Å². The lowest BCUT2D eigenvalue weighted by molar-refractivity contribution is -0.147. The van der Waals surface area contributed by atoms with Crippen LogP contribution in [-0.4, -0.2) is 42.0 Å². The third-order valence-corrected chi connectivity index (χ3v) is 6.17. The van der Waals surface area contributed by atoms with Gasteiger partial charge in [-0.05, 0) is 31.4 Å². The molecule has 0 fully saturated rings. The number of Topliss-reactive ketones (excluding diaryl/α,β-unsaturated/α-hetero) is 1. The second kappa shape index (κ2) is 17.2. The minimum atomic E-state index is -0.881. The van der Waals surface area contributed by atoms with Crippen LogP contribution in [0.4, 0.5) is 4.79 Å². The van der Waals surface area contributed by atoms with E-state index in [2.05, 4.69) is 17.2 Å². The van der Waals surface area contributed by atoms with Crippen LogP contribution in [0.15, 0.2) is 59.2 Å². The molecule has 0 saturated carbocycles. The highest BCUT2D eigenvalue weighted by atomic mass is 35.5. The van der Waals surface area contributed by atoms with Crippen molar-refractivity contribution in [3.63, 3.8) is 0 Å². The van der Waals surface area contributed by atoms with Gasteiger partial charge >= 0.3 is 12.1 Å². The maximum atomic E-state index is 12.9. The lowest BCUT2D eigenvalue weighted by Crippen LogP contribution is -2.48. The predicted octanol–water partition coefficient (Wildman–Crippen LogP) is 5.43. The fourth-order valence-electron chi connectivity index (χ4n) is 3.70. The van der Waals surface area contributed by atoms with E-state index in [0.717, 1.165) is 0 Å². The number of nitrogens with one attached hydrogen (secondary N) is 1. The Morgan fingerprint density at radius 1 is 1.23 bits per heavy atom. The minimum absolute atomic E-state index is 0.00396. The van der Waals surface area contributed by atoms with Crippen LogP contribution >= 0.6 is 11.6 Å². The van der Waals surface area contributed by atoms with Gasteiger partial charge in [-0.3, -0.25) is 9.59 Å². The van der Waals surface area contributed by atoms with E-state index in [1.807, 2.05) is 39.8 Å². The number of rotatable bonds is 12. The summed E-state index contributed by atoms with van der Waals surface area (Å²) < 4.78 is 10.5. The van der Waals surface area contributed by atoms with E-state index < -0.39 is 29.6 Å². The summed E-state index contributed by atoms with van der Waals surface area (Å²) in [6, 6.07) is -0.724. The minimum Gasteiger partial charge on any atom is -0.458 e. The maximum Gasteiger partial charge on any atom is 0.404 e. The topological polar surface area (TPSA) is 125 Å². The zero-order chi connectivity index (χ0) is 30.3. The highest BCUT2D eigenvalue weighted by Crippen LogP contribution is 2.22. The summed E-state index contributed by atoms with van der Waals surface area (Å²) in [5, 5.41) is 3.34. The Hall–Kier alpha value is -3.57. The normalized spacial score (nSPS) is 18.5. The lowest BCUT2D eigenvalue weighted by Gasteiger charge is -2.29. The van der Waals surface area contributed by atoms with E-state index in [4.69, 9.17) is 26.8 Å². The van der Waals surface area contributed by atoms with Crippen LogP contribution < -0.4 is 11.1 Å². The SMILES string of the molecule is CC1=CC[C@@H]([C@@H](C)/C=C\C#C/C=C/C(=O)N[C@H](C(=O)C/C=C\C[C@H](C/C=C(\C)Cl)OC(N)=O)C(C)(C)C)OC1=O. The van der Waals surface area contributed by atoms with Crippen molar-refractivity contribution in [1.29, 1.82) is 0 Å². The summed E-state index contributed by atoms with van der Waals surface area (Å²) in [5.41, 5.74) is 5.23. The monoisotopic (exact) mass is 572 g/mol. The highest BCUT2D eigenvalue weighted by Gasteiger charge is 2.31. The van der Waals surface area contributed by atoms with Crippen LogP contribution in [0.25, 0.3) is 0 Å². The van der Waals surface area contributed by atoms with E-state index in [9.17, 15) is 19.2 Å². The summed E-state index contributed by atoms with van der Waals surface area (Å²) in [5.74, 6) is 4.70. The molecule has 0 spiro atoms. The van der Waals surface area contributed by atoms with Gasteiger partial charge in [0.05, 0.1) is 6.04 Å². The fourth-order valence-corrected chi connectivity index (χ4v) is 3.79. The van der Waals surface area contributed by atoms with Crippen molar-refractivity contribution in [2.45, 2.75) is 85.5 Å². The molecule has 0 radical (unpaired) electrons. The van der Waals surface area contributed by atoms with Crippen LogP contribution in [0, 0.1) is 23.2 Å². The Morgan fingerprint density at radius 2 is 1.90 bits per heavy atom. The molecule has 0 aromatic heterocycles. The Balaban J connectivity index is 2.65. The van der Waals surface area contributed by atoms with E-state index in [-0.39, 0.29) is 30.2 Å². The summed E-state index contributed by atoms with van der Waals surface area (Å²) in [7, 11) is 0. The first kappa shape index (κ1) is 34.5. The second-order valence-electron chi connectivity index (χ2n) is 10.7. The molecule has 3 N–H and O–H groups in total. The van der Waals surface area contributed by atoms with Crippen molar-refractivity contribution in [3.05, 3.63) is 59.2 Å².